The number of ketones is 1. The van der Waals surface area contributed by atoms with Crippen LogP contribution in [0.5, 0.6) is 0 Å². The highest BCUT2D eigenvalue weighted by Gasteiger charge is 2.44. The van der Waals surface area contributed by atoms with E-state index in [1.807, 2.05) is 34.6 Å². The number of nitrogens with one attached hydrogen (secondary N) is 1. The Morgan fingerprint density at radius 3 is 2.53 bits per heavy atom. The minimum Gasteiger partial charge on any atom is -0.381 e. The van der Waals surface area contributed by atoms with Gasteiger partial charge in [0.25, 0.3) is 0 Å². The average Bonchev–Trinajstić information content (AvgIpc) is 2.73. The van der Waals surface area contributed by atoms with Crippen molar-refractivity contribution in [3.05, 3.63) is 0 Å². The molecule has 0 bridgehead atoms. The predicted octanol–water partition coefficient (Wildman–Crippen LogP) is 2.25. The van der Waals surface area contributed by atoms with Gasteiger partial charge in [-0.15, -0.1) is 0 Å². The van der Waals surface area contributed by atoms with E-state index in [1.54, 1.807) is 0 Å². The molecule has 0 spiro atoms. The second-order valence-electron chi connectivity index (χ2n) is 5.79. The second-order valence-corrected chi connectivity index (χ2v) is 5.79. The SMILES string of the molecule is CC.CC(C)(C)C(=O)C1NCC2CCOCC21. The second kappa shape index (κ2) is 5.96. The molecule has 0 aromatic rings. The van der Waals surface area contributed by atoms with Crippen LogP contribution >= 0.6 is 0 Å². The van der Waals surface area contributed by atoms with Gasteiger partial charge < -0.3 is 10.1 Å². The van der Waals surface area contributed by atoms with E-state index in [0.29, 0.717) is 17.6 Å². The molecule has 2 aliphatic heterocycles. The summed E-state index contributed by atoms with van der Waals surface area (Å²) < 4.78 is 5.48. The Bertz CT molecular complexity index is 257. The molecule has 100 valence electrons. The van der Waals surface area contributed by atoms with Crippen molar-refractivity contribution < 1.29 is 9.53 Å². The number of carbonyl (C=O) groups excluding carboxylic acids is 1. The van der Waals surface area contributed by atoms with Crippen molar-refractivity contribution in [2.75, 3.05) is 19.8 Å². The van der Waals surface area contributed by atoms with Crippen molar-refractivity contribution in [1.82, 2.24) is 5.32 Å². The minimum absolute atomic E-state index is 0.0234. The molecule has 2 saturated heterocycles. The quantitative estimate of drug-likeness (QED) is 0.765. The number of fused-ring (bicyclic) bond motifs is 1. The summed E-state index contributed by atoms with van der Waals surface area (Å²) in [7, 11) is 0. The van der Waals surface area contributed by atoms with Crippen LogP contribution in [0, 0.1) is 17.3 Å². The van der Waals surface area contributed by atoms with Crippen LogP contribution in [0.25, 0.3) is 0 Å². The third-order valence-corrected chi connectivity index (χ3v) is 3.60. The maximum atomic E-state index is 12.2. The van der Waals surface area contributed by atoms with Crippen LogP contribution in [0.1, 0.15) is 41.0 Å². The summed E-state index contributed by atoms with van der Waals surface area (Å²) in [6.07, 6.45) is 1.10. The van der Waals surface area contributed by atoms with Crippen molar-refractivity contribution >= 4 is 5.78 Å². The van der Waals surface area contributed by atoms with Crippen LogP contribution in [0.15, 0.2) is 0 Å². The van der Waals surface area contributed by atoms with Crippen LogP contribution in [0.3, 0.4) is 0 Å². The predicted molar refractivity (Wildman–Crippen MR) is 70.0 cm³/mol. The summed E-state index contributed by atoms with van der Waals surface area (Å²) >= 11 is 0. The van der Waals surface area contributed by atoms with E-state index >= 15 is 0 Å². The fourth-order valence-electron chi connectivity index (χ4n) is 2.61. The molecule has 3 unspecified atom stereocenters. The van der Waals surface area contributed by atoms with Gasteiger partial charge >= 0.3 is 0 Å². The molecule has 2 rings (SSSR count). The molecule has 1 N–H and O–H groups in total. The summed E-state index contributed by atoms with van der Waals surface area (Å²) in [4.78, 5) is 12.2. The van der Waals surface area contributed by atoms with Crippen LogP contribution < -0.4 is 5.32 Å². The zero-order valence-electron chi connectivity index (χ0n) is 11.9. The molecule has 2 heterocycles. The summed E-state index contributed by atoms with van der Waals surface area (Å²) in [5, 5.41) is 3.38. The van der Waals surface area contributed by atoms with Crippen molar-refractivity contribution in [2.24, 2.45) is 17.3 Å². The zero-order chi connectivity index (χ0) is 13.1. The van der Waals surface area contributed by atoms with Gasteiger partial charge in [-0.2, -0.15) is 0 Å². The molecule has 17 heavy (non-hydrogen) atoms. The van der Waals surface area contributed by atoms with Gasteiger partial charge in [-0.1, -0.05) is 34.6 Å². The first-order valence-electron chi connectivity index (χ1n) is 6.85. The van der Waals surface area contributed by atoms with E-state index in [1.165, 1.54) is 0 Å². The third-order valence-electron chi connectivity index (χ3n) is 3.60. The highest BCUT2D eigenvalue weighted by molar-refractivity contribution is 5.89. The molecule has 0 aromatic heterocycles. The maximum absolute atomic E-state index is 12.2. The van der Waals surface area contributed by atoms with Crippen LogP contribution in [-0.4, -0.2) is 31.6 Å². The van der Waals surface area contributed by atoms with E-state index in [0.717, 1.165) is 26.2 Å². The Morgan fingerprint density at radius 1 is 1.29 bits per heavy atom. The van der Waals surface area contributed by atoms with Crippen LogP contribution in [0.4, 0.5) is 0 Å². The summed E-state index contributed by atoms with van der Waals surface area (Å²) in [5.41, 5.74) is -0.246. The summed E-state index contributed by atoms with van der Waals surface area (Å²) in [6.45, 7) is 12.6. The number of hydrogen-bond donors (Lipinski definition) is 1. The van der Waals surface area contributed by atoms with Crippen molar-refractivity contribution in [3.63, 3.8) is 0 Å². The van der Waals surface area contributed by atoms with Gasteiger partial charge in [-0.3, -0.25) is 4.79 Å². The normalized spacial score (nSPS) is 32.4. The van der Waals surface area contributed by atoms with Gasteiger partial charge in [-0.05, 0) is 18.9 Å². The molecule has 0 saturated carbocycles. The first-order valence-corrected chi connectivity index (χ1v) is 6.85. The molecular formula is C14H27NO2. The third kappa shape index (κ3) is 3.29. The fourth-order valence-corrected chi connectivity index (χ4v) is 2.61. The summed E-state index contributed by atoms with van der Waals surface area (Å²) in [5.74, 6) is 1.39. The molecule has 2 aliphatic rings. The van der Waals surface area contributed by atoms with E-state index < -0.39 is 0 Å². The molecule has 3 nitrogen and oxygen atoms in total. The maximum Gasteiger partial charge on any atom is 0.155 e. The van der Waals surface area contributed by atoms with Gasteiger partial charge in [0.05, 0.1) is 12.6 Å². The van der Waals surface area contributed by atoms with Gasteiger partial charge in [0.1, 0.15) is 0 Å². The lowest BCUT2D eigenvalue weighted by Gasteiger charge is -2.30. The zero-order valence-corrected chi connectivity index (χ0v) is 11.9. The molecular weight excluding hydrogens is 214 g/mol. The highest BCUT2D eigenvalue weighted by atomic mass is 16.5. The number of hydrogen-bond acceptors (Lipinski definition) is 3. The van der Waals surface area contributed by atoms with E-state index in [4.69, 9.17) is 4.74 Å². The van der Waals surface area contributed by atoms with Crippen molar-refractivity contribution in [2.45, 2.75) is 47.1 Å². The van der Waals surface area contributed by atoms with Crippen molar-refractivity contribution in [1.29, 1.82) is 0 Å². The monoisotopic (exact) mass is 241 g/mol. The summed E-state index contributed by atoms with van der Waals surface area (Å²) in [6, 6.07) is 0.0234. The first kappa shape index (κ1) is 14.7. The lowest BCUT2D eigenvalue weighted by Crippen LogP contribution is -2.44. The van der Waals surface area contributed by atoms with Crippen LogP contribution in [-0.2, 0) is 9.53 Å². The molecule has 2 fully saturated rings. The Morgan fingerprint density at radius 2 is 1.94 bits per heavy atom. The molecule has 0 amide bonds. The van der Waals surface area contributed by atoms with Gasteiger partial charge in [0, 0.05) is 17.9 Å². The standard InChI is InChI=1S/C12H21NO2.C2H6/c1-12(2,3)11(14)10-9-7-15-5-4-8(9)6-13-10;1-2/h8-10,13H,4-7H2,1-3H3;1-2H3. The Balaban J connectivity index is 0.000000686. The Hall–Kier alpha value is -0.410. The number of ether oxygens (including phenoxy) is 1. The number of rotatable bonds is 1. The fraction of sp³-hybridized carbons (Fsp3) is 0.929. The number of Topliss-reactive ketones (excluding diaryl/α,β-unsaturated/α-hetero) is 1. The number of carbonyl (C=O) groups is 1. The minimum atomic E-state index is -0.246. The molecule has 0 radical (unpaired) electrons. The van der Waals surface area contributed by atoms with E-state index in [9.17, 15) is 4.79 Å². The van der Waals surface area contributed by atoms with Crippen molar-refractivity contribution in [3.8, 4) is 0 Å². The molecule has 3 heteroatoms. The van der Waals surface area contributed by atoms with E-state index in [2.05, 4.69) is 5.32 Å². The topological polar surface area (TPSA) is 38.3 Å². The molecule has 0 aromatic carbocycles. The van der Waals surface area contributed by atoms with Gasteiger partial charge in [-0.25, -0.2) is 0 Å². The van der Waals surface area contributed by atoms with Crippen LogP contribution in [0.2, 0.25) is 0 Å². The first-order chi connectivity index (χ1) is 8.00. The smallest absolute Gasteiger partial charge is 0.155 e. The van der Waals surface area contributed by atoms with Gasteiger partial charge in [0.2, 0.25) is 0 Å². The van der Waals surface area contributed by atoms with Gasteiger partial charge in [0.15, 0.2) is 5.78 Å². The largest absolute Gasteiger partial charge is 0.381 e. The molecule has 0 aliphatic carbocycles. The molecule has 3 atom stereocenters. The highest BCUT2D eigenvalue weighted by Crippen LogP contribution is 2.33. The lowest BCUT2D eigenvalue weighted by atomic mass is 9.78. The van der Waals surface area contributed by atoms with E-state index in [-0.39, 0.29) is 11.5 Å². The Kier molecular flexibility index (Phi) is 5.14. The Labute approximate surface area is 105 Å². The average molecular weight is 241 g/mol. The lowest BCUT2D eigenvalue weighted by molar-refractivity contribution is -0.130.